The van der Waals surface area contributed by atoms with Gasteiger partial charge in [-0.1, -0.05) is 48.0 Å². The minimum absolute atomic E-state index is 0.436. The number of amidine groups is 1. The Balaban J connectivity index is 2.27. The minimum Gasteiger partial charge on any atom is -0.383 e. The fraction of sp³-hybridized carbons (Fsp3) is 0. The van der Waals surface area contributed by atoms with Crippen molar-refractivity contribution in [2.45, 2.75) is 0 Å². The topological polar surface area (TPSA) is 62.2 Å². The molecule has 4 heteroatoms. The molecule has 3 nitrogen and oxygen atoms in total. The smallest absolute Gasteiger partial charge is 0.132 e. The van der Waals surface area contributed by atoms with Gasteiger partial charge in [-0.25, -0.2) is 4.99 Å². The molecule has 1 aliphatic rings. The molecule has 0 atom stereocenters. The van der Waals surface area contributed by atoms with E-state index in [1.165, 1.54) is 0 Å². The standard InChI is InChI=1S/C16H10ClN3/c17-11-5-3-4-10(8-11)14(9-18)15-12-6-1-2-7-13(12)16(19)20-15/h1-8H,(H2,19,20)/b15-14-. The van der Waals surface area contributed by atoms with E-state index >= 15 is 0 Å². The number of halogens is 1. The molecule has 0 saturated heterocycles. The van der Waals surface area contributed by atoms with Crippen LogP contribution in [-0.2, 0) is 0 Å². The number of fused-ring (bicyclic) bond motifs is 1. The van der Waals surface area contributed by atoms with Gasteiger partial charge in [0.25, 0.3) is 0 Å². The van der Waals surface area contributed by atoms with Crippen LogP contribution in [0.2, 0.25) is 5.02 Å². The Morgan fingerprint density at radius 3 is 2.55 bits per heavy atom. The third-order valence-corrected chi connectivity index (χ3v) is 3.39. The highest BCUT2D eigenvalue weighted by molar-refractivity contribution is 6.30. The van der Waals surface area contributed by atoms with E-state index in [0.29, 0.717) is 22.1 Å². The normalized spacial score (nSPS) is 15.3. The predicted molar refractivity (Wildman–Crippen MR) is 81.0 cm³/mol. The van der Waals surface area contributed by atoms with E-state index in [1.807, 2.05) is 36.4 Å². The quantitative estimate of drug-likeness (QED) is 0.813. The molecule has 20 heavy (non-hydrogen) atoms. The molecule has 1 aliphatic heterocycles. The molecule has 0 amide bonds. The zero-order valence-electron chi connectivity index (χ0n) is 10.5. The zero-order valence-corrected chi connectivity index (χ0v) is 11.2. The van der Waals surface area contributed by atoms with E-state index in [-0.39, 0.29) is 0 Å². The van der Waals surface area contributed by atoms with Gasteiger partial charge >= 0.3 is 0 Å². The van der Waals surface area contributed by atoms with Crippen LogP contribution in [0.25, 0.3) is 11.3 Å². The van der Waals surface area contributed by atoms with Crippen LogP contribution in [0.3, 0.4) is 0 Å². The summed E-state index contributed by atoms with van der Waals surface area (Å²) in [4.78, 5) is 4.34. The van der Waals surface area contributed by atoms with Crippen molar-refractivity contribution >= 4 is 28.7 Å². The largest absolute Gasteiger partial charge is 0.383 e. The lowest BCUT2D eigenvalue weighted by Gasteiger charge is -2.04. The highest BCUT2D eigenvalue weighted by Gasteiger charge is 2.21. The SMILES string of the molecule is N#C/C(=C1/N=C(N)c2ccccc21)c1cccc(Cl)c1. The van der Waals surface area contributed by atoms with Gasteiger partial charge in [-0.05, 0) is 17.7 Å². The highest BCUT2D eigenvalue weighted by atomic mass is 35.5. The van der Waals surface area contributed by atoms with Crippen LogP contribution >= 0.6 is 11.6 Å². The highest BCUT2D eigenvalue weighted by Crippen LogP contribution is 2.34. The number of allylic oxidation sites excluding steroid dienone is 1. The lowest BCUT2D eigenvalue weighted by molar-refractivity contribution is 1.50. The summed E-state index contributed by atoms with van der Waals surface area (Å²) in [5.41, 5.74) is 9.46. The molecular formula is C16H10ClN3. The van der Waals surface area contributed by atoms with E-state index in [2.05, 4.69) is 11.1 Å². The first-order valence-corrected chi connectivity index (χ1v) is 6.43. The molecule has 2 aromatic carbocycles. The molecule has 96 valence electrons. The molecule has 0 radical (unpaired) electrons. The second-order valence-corrected chi connectivity index (χ2v) is 4.82. The van der Waals surface area contributed by atoms with Crippen molar-refractivity contribution < 1.29 is 0 Å². The third kappa shape index (κ3) is 1.97. The molecule has 0 unspecified atom stereocenters. The number of nitrogens with zero attached hydrogens (tertiary/aromatic N) is 2. The fourth-order valence-electron chi connectivity index (χ4n) is 2.24. The molecule has 2 N–H and O–H groups in total. The Bertz CT molecular complexity index is 797. The summed E-state index contributed by atoms with van der Waals surface area (Å²) < 4.78 is 0. The maximum absolute atomic E-state index is 9.48. The molecule has 0 fully saturated rings. The average molecular weight is 280 g/mol. The van der Waals surface area contributed by atoms with Gasteiger partial charge in [0.2, 0.25) is 0 Å². The van der Waals surface area contributed by atoms with Gasteiger partial charge < -0.3 is 5.73 Å². The second kappa shape index (κ2) is 4.84. The molecule has 1 heterocycles. The number of rotatable bonds is 1. The molecule has 3 rings (SSSR count). The van der Waals surface area contributed by atoms with Crippen molar-refractivity contribution in [3.05, 3.63) is 70.2 Å². The Hall–Kier alpha value is -2.57. The fourth-order valence-corrected chi connectivity index (χ4v) is 2.43. The number of hydrogen-bond donors (Lipinski definition) is 1. The van der Waals surface area contributed by atoms with Crippen LogP contribution in [0.1, 0.15) is 16.7 Å². The van der Waals surface area contributed by atoms with Crippen LogP contribution in [0.5, 0.6) is 0 Å². The maximum atomic E-state index is 9.48. The monoisotopic (exact) mass is 279 g/mol. The van der Waals surface area contributed by atoms with Gasteiger partial charge in [0.1, 0.15) is 11.9 Å². The first-order chi connectivity index (χ1) is 9.70. The molecule has 0 saturated carbocycles. The van der Waals surface area contributed by atoms with Gasteiger partial charge in [0.05, 0.1) is 11.3 Å². The molecule has 2 aromatic rings. The molecule has 0 aliphatic carbocycles. The third-order valence-electron chi connectivity index (χ3n) is 3.15. The lowest BCUT2D eigenvalue weighted by Crippen LogP contribution is -2.09. The zero-order chi connectivity index (χ0) is 14.1. The minimum atomic E-state index is 0.436. The summed E-state index contributed by atoms with van der Waals surface area (Å²) in [6.07, 6.45) is 0. The van der Waals surface area contributed by atoms with Crippen molar-refractivity contribution in [2.24, 2.45) is 10.7 Å². The summed E-state index contributed by atoms with van der Waals surface area (Å²) in [5, 5.41) is 10.1. The van der Waals surface area contributed by atoms with Gasteiger partial charge in [0.15, 0.2) is 0 Å². The van der Waals surface area contributed by atoms with E-state index in [0.717, 1.165) is 16.7 Å². The van der Waals surface area contributed by atoms with Crippen molar-refractivity contribution in [3.8, 4) is 6.07 Å². The van der Waals surface area contributed by atoms with Crippen molar-refractivity contribution in [2.75, 3.05) is 0 Å². The van der Waals surface area contributed by atoms with E-state index in [4.69, 9.17) is 17.3 Å². The first kappa shape index (κ1) is 12.5. The van der Waals surface area contributed by atoms with Crippen LogP contribution in [0, 0.1) is 11.3 Å². The number of nitriles is 1. The molecule has 0 bridgehead atoms. The van der Waals surface area contributed by atoms with Crippen LogP contribution < -0.4 is 5.73 Å². The van der Waals surface area contributed by atoms with E-state index < -0.39 is 0 Å². The maximum Gasteiger partial charge on any atom is 0.132 e. The first-order valence-electron chi connectivity index (χ1n) is 6.05. The van der Waals surface area contributed by atoms with Gasteiger partial charge in [-0.3, -0.25) is 0 Å². The summed E-state index contributed by atoms with van der Waals surface area (Å²) in [6.45, 7) is 0. The van der Waals surface area contributed by atoms with Crippen molar-refractivity contribution in [3.63, 3.8) is 0 Å². The van der Waals surface area contributed by atoms with Gasteiger partial charge in [0, 0.05) is 16.1 Å². The summed E-state index contributed by atoms with van der Waals surface area (Å²) in [5.74, 6) is 0.436. The van der Waals surface area contributed by atoms with E-state index in [1.54, 1.807) is 12.1 Å². The Morgan fingerprint density at radius 1 is 1.10 bits per heavy atom. The van der Waals surface area contributed by atoms with Crippen LogP contribution in [0.15, 0.2) is 53.5 Å². The van der Waals surface area contributed by atoms with Crippen molar-refractivity contribution in [1.29, 1.82) is 5.26 Å². The summed E-state index contributed by atoms with van der Waals surface area (Å²) in [6, 6.07) is 17.0. The molecule has 0 aromatic heterocycles. The van der Waals surface area contributed by atoms with Gasteiger partial charge in [-0.15, -0.1) is 0 Å². The predicted octanol–water partition coefficient (Wildman–Crippen LogP) is 3.45. The number of benzene rings is 2. The Morgan fingerprint density at radius 2 is 1.85 bits per heavy atom. The van der Waals surface area contributed by atoms with E-state index in [9.17, 15) is 5.26 Å². The lowest BCUT2D eigenvalue weighted by atomic mass is 9.99. The Kier molecular flexibility index (Phi) is 3.02. The number of aliphatic imine (C=N–C) groups is 1. The second-order valence-electron chi connectivity index (χ2n) is 4.39. The molecular weight excluding hydrogens is 270 g/mol. The van der Waals surface area contributed by atoms with Gasteiger partial charge in [-0.2, -0.15) is 5.26 Å². The van der Waals surface area contributed by atoms with Crippen molar-refractivity contribution in [1.82, 2.24) is 0 Å². The average Bonchev–Trinajstić information content (AvgIpc) is 2.78. The van der Waals surface area contributed by atoms with Crippen LogP contribution in [-0.4, -0.2) is 5.84 Å². The summed E-state index contributed by atoms with van der Waals surface area (Å²) >= 11 is 5.99. The number of nitrogens with two attached hydrogens (primary N) is 1. The Labute approximate surface area is 121 Å². The van der Waals surface area contributed by atoms with Crippen LogP contribution in [0.4, 0.5) is 0 Å². The molecule has 0 spiro atoms. The summed E-state index contributed by atoms with van der Waals surface area (Å²) in [7, 11) is 0. The number of hydrogen-bond acceptors (Lipinski definition) is 3.